The van der Waals surface area contributed by atoms with Crippen LogP contribution in [0.15, 0.2) is 30.3 Å². The Morgan fingerprint density at radius 1 is 1.33 bits per heavy atom. The summed E-state index contributed by atoms with van der Waals surface area (Å²) in [6.07, 6.45) is -0.730. The van der Waals surface area contributed by atoms with E-state index < -0.39 is 24.7 Å². The number of carbonyl (C=O) groups excluding carboxylic acids is 1. The summed E-state index contributed by atoms with van der Waals surface area (Å²) in [5.41, 5.74) is 0.816. The van der Waals surface area contributed by atoms with Crippen molar-refractivity contribution in [2.75, 3.05) is 6.61 Å². The Labute approximate surface area is 107 Å². The molecule has 0 heterocycles. The number of amides is 1. The minimum absolute atomic E-state index is 0.0795. The van der Waals surface area contributed by atoms with Gasteiger partial charge in [-0.05, 0) is 5.56 Å². The Balaban J connectivity index is 2.52. The van der Waals surface area contributed by atoms with Gasteiger partial charge in [0.1, 0.15) is 23.1 Å². The molecule has 1 atom stereocenters. The average Bonchev–Trinajstić information content (AvgIpc) is 2.37. The van der Waals surface area contributed by atoms with E-state index in [9.17, 15) is 9.59 Å². The fourth-order valence-corrected chi connectivity index (χ4v) is 1.83. The van der Waals surface area contributed by atoms with Gasteiger partial charge in [0, 0.05) is 0 Å². The number of nitrogens with zero attached hydrogens (tertiary/aromatic N) is 1. The third-order valence-corrected chi connectivity index (χ3v) is 3.41. The largest absolute Gasteiger partial charge is 0.480 e. The molecule has 1 aromatic rings. The number of hydrogen-bond donors (Lipinski definition) is 2. The zero-order chi connectivity index (χ0) is 13.5. The first kappa shape index (κ1) is 14.2. The van der Waals surface area contributed by atoms with Gasteiger partial charge in [-0.25, -0.2) is 9.59 Å². The van der Waals surface area contributed by atoms with Crippen LogP contribution >= 0.6 is 0 Å². The van der Waals surface area contributed by atoms with E-state index in [0.29, 0.717) is 0 Å². The van der Waals surface area contributed by atoms with Gasteiger partial charge in [0.05, 0.1) is 6.61 Å². The van der Waals surface area contributed by atoms with Crippen LogP contribution in [0.1, 0.15) is 5.56 Å². The molecule has 0 aliphatic rings. The molecule has 0 unspecified atom stereocenters. The second-order valence-corrected chi connectivity index (χ2v) is 4.65. The normalized spacial score (nSPS) is 11.8. The molecule has 0 spiro atoms. The van der Waals surface area contributed by atoms with E-state index in [1.54, 1.807) is 12.1 Å². The van der Waals surface area contributed by atoms with Crippen LogP contribution in [-0.2, 0) is 16.1 Å². The quantitative estimate of drug-likeness (QED) is 0.694. The van der Waals surface area contributed by atoms with Crippen LogP contribution < -0.4 is 0 Å². The van der Waals surface area contributed by atoms with E-state index >= 15 is 0 Å². The van der Waals surface area contributed by atoms with Crippen LogP contribution in [0.3, 0.4) is 0 Å². The number of aliphatic hydroxyl groups is 1. The van der Waals surface area contributed by atoms with Crippen LogP contribution in [0.4, 0.5) is 4.79 Å². The van der Waals surface area contributed by atoms with Crippen molar-refractivity contribution in [3.05, 3.63) is 35.9 Å². The zero-order valence-electron chi connectivity index (χ0n) is 9.94. The molecule has 0 radical (unpaired) electrons. The first-order valence-electron chi connectivity index (χ1n) is 5.33. The maximum absolute atomic E-state index is 11.6. The van der Waals surface area contributed by atoms with Crippen LogP contribution in [-0.4, -0.2) is 49.9 Å². The molecule has 0 saturated carbocycles. The number of carboxylic acid groups (broad SMARTS) is 1. The Kier molecular flexibility index (Phi) is 5.34. The van der Waals surface area contributed by atoms with Gasteiger partial charge in [-0.1, -0.05) is 30.3 Å². The number of aliphatic hydroxyl groups excluding tert-OH is 1. The van der Waals surface area contributed by atoms with Gasteiger partial charge in [0.15, 0.2) is 0 Å². The van der Waals surface area contributed by atoms with Crippen LogP contribution in [0.5, 0.6) is 0 Å². The van der Waals surface area contributed by atoms with Crippen molar-refractivity contribution in [3.8, 4) is 0 Å². The summed E-state index contributed by atoms with van der Waals surface area (Å²) in [6.45, 7) is -0.546. The van der Waals surface area contributed by atoms with Gasteiger partial charge in [0.25, 0.3) is 0 Å². The van der Waals surface area contributed by atoms with E-state index in [-0.39, 0.29) is 17.0 Å². The lowest BCUT2D eigenvalue weighted by Gasteiger charge is -2.23. The molecule has 0 aromatic heterocycles. The molecule has 0 aliphatic carbocycles. The van der Waals surface area contributed by atoms with Gasteiger partial charge in [-0.3, -0.25) is 0 Å². The van der Waals surface area contributed by atoms with Crippen molar-refractivity contribution < 1.29 is 24.5 Å². The highest BCUT2D eigenvalue weighted by Crippen LogP contribution is 2.04. The number of ether oxygens (including phenoxy) is 1. The van der Waals surface area contributed by atoms with Crippen molar-refractivity contribution in [3.63, 3.8) is 0 Å². The van der Waals surface area contributed by atoms with E-state index in [4.69, 9.17) is 14.9 Å². The number of aliphatic carboxylic acids is 1. The summed E-state index contributed by atoms with van der Waals surface area (Å²) in [5.74, 6) is -1.25. The average molecular weight is 269 g/mol. The summed E-state index contributed by atoms with van der Waals surface area (Å²) in [6, 6.07) is 7.83. The Bertz CT molecular complexity index is 411. The lowest BCUT2D eigenvalue weighted by molar-refractivity contribution is -0.142. The Morgan fingerprint density at radius 3 is 2.44 bits per heavy atom. The van der Waals surface area contributed by atoms with E-state index in [1.165, 1.54) is 0 Å². The van der Waals surface area contributed by atoms with Crippen LogP contribution in [0.2, 0.25) is 0 Å². The van der Waals surface area contributed by atoms with E-state index in [0.717, 1.165) is 10.1 Å². The topological polar surface area (TPSA) is 87.1 Å². The fraction of sp³-hybridized carbons (Fsp3) is 0.273. The molecule has 2 N–H and O–H groups in total. The monoisotopic (exact) mass is 269 g/mol. The highest BCUT2D eigenvalue weighted by molar-refractivity contribution is 6.14. The number of carbonyl (C=O) groups is 2. The van der Waals surface area contributed by atoms with Gasteiger partial charge in [0.2, 0.25) is 0 Å². The van der Waals surface area contributed by atoms with Crippen molar-refractivity contribution in [2.24, 2.45) is 0 Å². The van der Waals surface area contributed by atoms with E-state index in [1.807, 2.05) is 18.2 Å². The SMILES string of the molecule is O=C(O)[C@H](CO)N([SiH3])C(=O)OCc1ccccc1. The van der Waals surface area contributed by atoms with Crippen LogP contribution in [0, 0.1) is 0 Å². The summed E-state index contributed by atoms with van der Waals surface area (Å²) in [5, 5.41) is 17.7. The molecular weight excluding hydrogens is 254 g/mol. The molecule has 6 nitrogen and oxygen atoms in total. The number of carboxylic acids is 1. The highest BCUT2D eigenvalue weighted by Gasteiger charge is 2.26. The lowest BCUT2D eigenvalue weighted by Crippen LogP contribution is -2.45. The predicted molar refractivity (Wildman–Crippen MR) is 66.9 cm³/mol. The van der Waals surface area contributed by atoms with Gasteiger partial charge < -0.3 is 19.5 Å². The Hall–Kier alpha value is -1.86. The van der Waals surface area contributed by atoms with Crippen molar-refractivity contribution in [1.29, 1.82) is 0 Å². The third-order valence-electron chi connectivity index (χ3n) is 2.42. The second-order valence-electron chi connectivity index (χ2n) is 3.69. The highest BCUT2D eigenvalue weighted by atomic mass is 28.2. The molecule has 0 fully saturated rings. The van der Waals surface area contributed by atoms with Gasteiger partial charge >= 0.3 is 12.1 Å². The third kappa shape index (κ3) is 3.86. The second kappa shape index (κ2) is 6.77. The molecule has 98 valence electrons. The predicted octanol–water partition coefficient (Wildman–Crippen LogP) is -0.649. The molecule has 1 aromatic carbocycles. The van der Waals surface area contributed by atoms with Crippen molar-refractivity contribution in [1.82, 2.24) is 4.57 Å². The molecule has 1 amide bonds. The molecule has 1 rings (SSSR count). The zero-order valence-corrected chi connectivity index (χ0v) is 11.9. The van der Waals surface area contributed by atoms with Gasteiger partial charge in [-0.2, -0.15) is 0 Å². The summed E-state index contributed by atoms with van der Waals surface area (Å²) in [7, 11) is 0.158. The lowest BCUT2D eigenvalue weighted by atomic mass is 10.2. The fourth-order valence-electron chi connectivity index (χ4n) is 1.31. The Morgan fingerprint density at radius 2 is 1.94 bits per heavy atom. The molecule has 7 heteroatoms. The first-order chi connectivity index (χ1) is 8.56. The van der Waals surface area contributed by atoms with Crippen LogP contribution in [0.25, 0.3) is 0 Å². The maximum Gasteiger partial charge on any atom is 0.402 e. The number of benzene rings is 1. The summed E-state index contributed by atoms with van der Waals surface area (Å²) in [4.78, 5) is 22.3. The summed E-state index contributed by atoms with van der Waals surface area (Å²) >= 11 is 0. The minimum atomic E-state index is -1.25. The number of rotatable bonds is 5. The molecule has 18 heavy (non-hydrogen) atoms. The van der Waals surface area contributed by atoms with E-state index in [2.05, 4.69) is 0 Å². The molecular formula is C11H15NO5Si. The molecule has 0 saturated heterocycles. The first-order valence-corrected chi connectivity index (χ1v) is 6.23. The molecule has 0 aliphatic heterocycles. The summed E-state index contributed by atoms with van der Waals surface area (Å²) < 4.78 is 5.96. The van der Waals surface area contributed by atoms with Crippen molar-refractivity contribution >= 4 is 22.5 Å². The minimum Gasteiger partial charge on any atom is -0.480 e. The van der Waals surface area contributed by atoms with Crippen molar-refractivity contribution in [2.45, 2.75) is 12.6 Å². The smallest absolute Gasteiger partial charge is 0.402 e. The van der Waals surface area contributed by atoms with Gasteiger partial charge in [-0.15, -0.1) is 0 Å². The maximum atomic E-state index is 11.6. The standard InChI is InChI=1S/C11H15NO5Si/c13-6-9(10(14)15)12(18)11(16)17-7-8-4-2-1-3-5-8/h1-5,9,13H,6-7H2,18H3,(H,14,15)/t9-/m0/s1. The number of hydrogen-bond acceptors (Lipinski definition) is 4. The molecule has 0 bridgehead atoms.